The van der Waals surface area contributed by atoms with E-state index in [-0.39, 0.29) is 11.7 Å². The van der Waals surface area contributed by atoms with Crippen LogP contribution >= 0.6 is 11.8 Å². The summed E-state index contributed by atoms with van der Waals surface area (Å²) in [5.74, 6) is 0.979. The third kappa shape index (κ3) is 4.20. The number of nitrogens with one attached hydrogen (secondary N) is 2. The molecule has 0 unspecified atom stereocenters. The molecule has 0 spiro atoms. The monoisotopic (exact) mass is 339 g/mol. The average molecular weight is 339 g/mol. The summed E-state index contributed by atoms with van der Waals surface area (Å²) in [7, 11) is 0. The number of aromatic nitrogens is 4. The summed E-state index contributed by atoms with van der Waals surface area (Å²) in [4.78, 5) is 27.9. The van der Waals surface area contributed by atoms with E-state index >= 15 is 0 Å². The molecule has 1 aromatic carbocycles. The minimum atomic E-state index is -0.0893. The van der Waals surface area contributed by atoms with Crippen molar-refractivity contribution in [1.82, 2.24) is 19.9 Å². The van der Waals surface area contributed by atoms with Gasteiger partial charge in [-0.1, -0.05) is 11.8 Å². The molecule has 24 heavy (non-hydrogen) atoms. The summed E-state index contributed by atoms with van der Waals surface area (Å²) in [6.45, 7) is 3.83. The van der Waals surface area contributed by atoms with Crippen LogP contribution in [0, 0.1) is 13.8 Å². The van der Waals surface area contributed by atoms with Crippen LogP contribution in [0.1, 0.15) is 11.4 Å². The maximum atomic E-state index is 12.1. The Morgan fingerprint density at radius 2 is 1.88 bits per heavy atom. The van der Waals surface area contributed by atoms with Crippen molar-refractivity contribution in [3.63, 3.8) is 0 Å². The van der Waals surface area contributed by atoms with Gasteiger partial charge in [0.15, 0.2) is 5.16 Å². The second-order valence-corrected chi connectivity index (χ2v) is 6.23. The van der Waals surface area contributed by atoms with Crippen molar-refractivity contribution in [2.75, 3.05) is 11.1 Å². The van der Waals surface area contributed by atoms with Gasteiger partial charge in [-0.05, 0) is 44.2 Å². The van der Waals surface area contributed by atoms with Crippen LogP contribution in [0.4, 0.5) is 5.69 Å². The van der Waals surface area contributed by atoms with Crippen molar-refractivity contribution in [2.24, 2.45) is 0 Å². The van der Waals surface area contributed by atoms with Crippen molar-refractivity contribution in [3.8, 4) is 11.4 Å². The van der Waals surface area contributed by atoms with Gasteiger partial charge in [-0.15, -0.1) is 0 Å². The number of amides is 1. The Kier molecular flexibility index (Phi) is 4.90. The molecule has 7 heteroatoms. The lowest BCUT2D eigenvalue weighted by atomic mass is 10.2. The van der Waals surface area contributed by atoms with Crippen LogP contribution in [0.2, 0.25) is 0 Å². The van der Waals surface area contributed by atoms with E-state index in [4.69, 9.17) is 0 Å². The minimum Gasteiger partial charge on any atom is -0.345 e. The van der Waals surface area contributed by atoms with E-state index in [1.54, 1.807) is 12.4 Å². The summed E-state index contributed by atoms with van der Waals surface area (Å²) in [6, 6.07) is 9.44. The fourth-order valence-corrected chi connectivity index (χ4v) is 2.97. The molecule has 0 atom stereocenters. The number of benzene rings is 1. The lowest BCUT2D eigenvalue weighted by Gasteiger charge is -2.06. The molecular weight excluding hydrogens is 322 g/mol. The SMILES string of the molecule is Cc1cc(C)nc(SCC(=O)Nc2ccc(-c3ncc[nH]3)cc2)n1. The van der Waals surface area contributed by atoms with Crippen LogP contribution in [0.25, 0.3) is 11.4 Å². The number of aromatic amines is 1. The predicted octanol–water partition coefficient (Wildman–Crippen LogP) is 3.21. The summed E-state index contributed by atoms with van der Waals surface area (Å²) in [5.41, 5.74) is 3.52. The molecule has 0 aliphatic carbocycles. The Morgan fingerprint density at radius 1 is 1.17 bits per heavy atom. The number of hydrogen-bond donors (Lipinski definition) is 2. The zero-order chi connectivity index (χ0) is 16.9. The largest absolute Gasteiger partial charge is 0.345 e. The van der Waals surface area contributed by atoms with Crippen LogP contribution < -0.4 is 5.32 Å². The Hall–Kier alpha value is -2.67. The molecule has 0 bridgehead atoms. The predicted molar refractivity (Wildman–Crippen MR) is 94.9 cm³/mol. The van der Waals surface area contributed by atoms with E-state index in [0.29, 0.717) is 5.16 Å². The lowest BCUT2D eigenvalue weighted by Crippen LogP contribution is -2.14. The molecule has 1 amide bonds. The quantitative estimate of drug-likeness (QED) is 0.551. The van der Waals surface area contributed by atoms with Crippen molar-refractivity contribution in [1.29, 1.82) is 0 Å². The van der Waals surface area contributed by atoms with Gasteiger partial charge in [0.25, 0.3) is 0 Å². The van der Waals surface area contributed by atoms with Gasteiger partial charge in [0.2, 0.25) is 5.91 Å². The molecule has 2 heterocycles. The first kappa shape index (κ1) is 16.2. The molecule has 122 valence electrons. The van der Waals surface area contributed by atoms with Gasteiger partial charge in [-0.3, -0.25) is 4.79 Å². The molecular formula is C17H17N5OS. The zero-order valence-electron chi connectivity index (χ0n) is 13.4. The van der Waals surface area contributed by atoms with E-state index in [2.05, 4.69) is 25.3 Å². The van der Waals surface area contributed by atoms with Gasteiger partial charge in [0.1, 0.15) is 5.82 Å². The number of thioether (sulfide) groups is 1. The number of hydrogen-bond acceptors (Lipinski definition) is 5. The van der Waals surface area contributed by atoms with E-state index < -0.39 is 0 Å². The normalized spacial score (nSPS) is 10.6. The lowest BCUT2D eigenvalue weighted by molar-refractivity contribution is -0.113. The van der Waals surface area contributed by atoms with Crippen LogP contribution in [-0.2, 0) is 4.79 Å². The Morgan fingerprint density at radius 3 is 2.50 bits per heavy atom. The third-order valence-electron chi connectivity index (χ3n) is 3.23. The Bertz CT molecular complexity index is 810. The van der Waals surface area contributed by atoms with Gasteiger partial charge < -0.3 is 10.3 Å². The van der Waals surface area contributed by atoms with Crippen molar-refractivity contribution in [3.05, 3.63) is 54.1 Å². The molecule has 0 fully saturated rings. The van der Waals surface area contributed by atoms with Crippen molar-refractivity contribution >= 4 is 23.4 Å². The standard InChI is InChI=1S/C17H17N5OS/c1-11-9-12(2)21-17(20-11)24-10-15(23)22-14-5-3-13(4-6-14)16-18-7-8-19-16/h3-9H,10H2,1-2H3,(H,18,19)(H,22,23). The number of H-pyrrole nitrogens is 1. The zero-order valence-corrected chi connectivity index (χ0v) is 14.2. The van der Waals surface area contributed by atoms with Crippen molar-refractivity contribution < 1.29 is 4.79 Å². The first-order valence-corrected chi connectivity index (χ1v) is 8.43. The number of rotatable bonds is 5. The Labute approximate surface area is 144 Å². The summed E-state index contributed by atoms with van der Waals surface area (Å²) in [5, 5.41) is 3.49. The molecule has 2 aromatic heterocycles. The number of carbonyl (C=O) groups excluding carboxylic acids is 1. The number of aryl methyl sites for hydroxylation is 2. The number of nitrogens with zero attached hydrogens (tertiary/aromatic N) is 3. The maximum Gasteiger partial charge on any atom is 0.234 e. The highest BCUT2D eigenvalue weighted by atomic mass is 32.2. The number of imidazole rings is 1. The topological polar surface area (TPSA) is 83.6 Å². The molecule has 0 saturated heterocycles. The van der Waals surface area contributed by atoms with Gasteiger partial charge in [0.05, 0.1) is 5.75 Å². The first-order valence-electron chi connectivity index (χ1n) is 7.45. The molecule has 2 N–H and O–H groups in total. The van der Waals surface area contributed by atoms with Crippen LogP contribution in [0.5, 0.6) is 0 Å². The van der Waals surface area contributed by atoms with Crippen LogP contribution in [0.15, 0.2) is 47.9 Å². The number of carbonyl (C=O) groups is 1. The van der Waals surface area contributed by atoms with Crippen molar-refractivity contribution in [2.45, 2.75) is 19.0 Å². The summed E-state index contributed by atoms with van der Waals surface area (Å²) in [6.07, 6.45) is 3.48. The minimum absolute atomic E-state index is 0.0893. The second-order valence-electron chi connectivity index (χ2n) is 5.29. The average Bonchev–Trinajstić information content (AvgIpc) is 3.07. The van der Waals surface area contributed by atoms with E-state index in [1.807, 2.05) is 44.2 Å². The summed E-state index contributed by atoms with van der Waals surface area (Å²) < 4.78 is 0. The van der Waals surface area contributed by atoms with E-state index in [9.17, 15) is 4.79 Å². The molecule has 3 rings (SSSR count). The smallest absolute Gasteiger partial charge is 0.234 e. The second kappa shape index (κ2) is 7.27. The molecule has 0 saturated carbocycles. The van der Waals surface area contributed by atoms with Crippen LogP contribution in [-0.4, -0.2) is 31.6 Å². The highest BCUT2D eigenvalue weighted by molar-refractivity contribution is 7.99. The van der Waals surface area contributed by atoms with Gasteiger partial charge in [-0.25, -0.2) is 15.0 Å². The molecule has 3 aromatic rings. The molecule has 6 nitrogen and oxygen atoms in total. The fourth-order valence-electron chi connectivity index (χ4n) is 2.22. The van der Waals surface area contributed by atoms with Gasteiger partial charge >= 0.3 is 0 Å². The summed E-state index contributed by atoms with van der Waals surface area (Å²) >= 11 is 1.33. The highest BCUT2D eigenvalue weighted by Gasteiger charge is 2.07. The van der Waals surface area contributed by atoms with Gasteiger partial charge in [0, 0.05) is 35.0 Å². The van der Waals surface area contributed by atoms with Gasteiger partial charge in [-0.2, -0.15) is 0 Å². The van der Waals surface area contributed by atoms with E-state index in [1.165, 1.54) is 11.8 Å². The number of anilines is 1. The first-order chi connectivity index (χ1) is 11.6. The highest BCUT2D eigenvalue weighted by Crippen LogP contribution is 2.19. The van der Waals surface area contributed by atoms with E-state index in [0.717, 1.165) is 28.5 Å². The Balaban J connectivity index is 1.56. The maximum absolute atomic E-state index is 12.1. The molecule has 0 aliphatic heterocycles. The molecule has 0 aliphatic rings. The molecule has 0 radical (unpaired) electrons. The van der Waals surface area contributed by atoms with Crippen LogP contribution in [0.3, 0.4) is 0 Å². The third-order valence-corrected chi connectivity index (χ3v) is 4.08. The fraction of sp³-hybridized carbons (Fsp3) is 0.176.